The van der Waals surface area contributed by atoms with Gasteiger partial charge >= 0.3 is 0 Å². The zero-order chi connectivity index (χ0) is 16.9. The van der Waals surface area contributed by atoms with E-state index in [1.165, 1.54) is 16.7 Å². The van der Waals surface area contributed by atoms with Gasteiger partial charge < -0.3 is 5.11 Å². The van der Waals surface area contributed by atoms with Crippen LogP contribution in [0.2, 0.25) is 5.02 Å². The molecular weight excluding hydrogens is 318 g/mol. The fourth-order valence-corrected chi connectivity index (χ4v) is 4.84. The van der Waals surface area contributed by atoms with Gasteiger partial charge in [0.1, 0.15) is 5.75 Å². The molecule has 2 nitrogen and oxygen atoms in total. The molecule has 0 radical (unpaired) electrons. The van der Waals surface area contributed by atoms with Gasteiger partial charge in [0.15, 0.2) is 0 Å². The minimum absolute atomic E-state index is 0.160. The monoisotopic (exact) mass is 341 g/mol. The van der Waals surface area contributed by atoms with Gasteiger partial charge in [-0.1, -0.05) is 43.6 Å². The lowest BCUT2D eigenvalue weighted by Gasteiger charge is -2.54. The van der Waals surface area contributed by atoms with Crippen molar-refractivity contribution in [2.75, 3.05) is 6.54 Å². The molecule has 2 aromatic rings. The van der Waals surface area contributed by atoms with E-state index in [-0.39, 0.29) is 5.41 Å². The van der Waals surface area contributed by atoms with Crippen LogP contribution < -0.4 is 0 Å². The van der Waals surface area contributed by atoms with E-state index < -0.39 is 0 Å². The largest absolute Gasteiger partial charge is 0.508 e. The Labute approximate surface area is 149 Å². The molecule has 1 aliphatic carbocycles. The second-order valence-corrected chi connectivity index (χ2v) is 8.10. The lowest BCUT2D eigenvalue weighted by atomic mass is 9.59. The zero-order valence-electron chi connectivity index (χ0n) is 14.3. The lowest BCUT2D eigenvalue weighted by molar-refractivity contribution is 0.0258. The lowest BCUT2D eigenvalue weighted by Crippen LogP contribution is -2.57. The smallest absolute Gasteiger partial charge is 0.115 e. The zero-order valence-corrected chi connectivity index (χ0v) is 15.1. The number of rotatable bonds is 2. The van der Waals surface area contributed by atoms with Crippen LogP contribution in [0.1, 0.15) is 37.0 Å². The van der Waals surface area contributed by atoms with Crippen LogP contribution >= 0.6 is 11.6 Å². The number of piperidine rings is 1. The van der Waals surface area contributed by atoms with E-state index in [2.05, 4.69) is 36.9 Å². The predicted octanol–water partition coefficient (Wildman–Crippen LogP) is 4.77. The van der Waals surface area contributed by atoms with Crippen molar-refractivity contribution in [2.24, 2.45) is 5.92 Å². The summed E-state index contributed by atoms with van der Waals surface area (Å²) in [6, 6.07) is 14.7. The standard InChI is InChI=1S/C21H24ClNO/c1-14-20-11-16-5-8-18(24)12-19(16)21(14,2)9-10-23(20)13-15-3-6-17(22)7-4-15/h3-8,12,14,20,24H,9-11,13H2,1-2H3/t14-,20+,21+/m1/s1. The molecule has 1 aliphatic heterocycles. The predicted molar refractivity (Wildman–Crippen MR) is 98.6 cm³/mol. The summed E-state index contributed by atoms with van der Waals surface area (Å²) < 4.78 is 0. The highest BCUT2D eigenvalue weighted by Gasteiger charge is 2.48. The molecule has 1 N–H and O–H groups in total. The van der Waals surface area contributed by atoms with Crippen molar-refractivity contribution in [2.45, 2.75) is 44.7 Å². The van der Waals surface area contributed by atoms with Crippen LogP contribution in [0.4, 0.5) is 0 Å². The van der Waals surface area contributed by atoms with Crippen molar-refractivity contribution < 1.29 is 5.11 Å². The van der Waals surface area contributed by atoms with Crippen LogP contribution in [-0.4, -0.2) is 22.6 Å². The molecule has 4 rings (SSSR count). The summed E-state index contributed by atoms with van der Waals surface area (Å²) in [7, 11) is 0. The van der Waals surface area contributed by atoms with Crippen molar-refractivity contribution in [3.63, 3.8) is 0 Å². The first kappa shape index (κ1) is 16.0. The molecule has 2 aliphatic rings. The number of halogens is 1. The second-order valence-electron chi connectivity index (χ2n) is 7.67. The minimum Gasteiger partial charge on any atom is -0.508 e. The van der Waals surface area contributed by atoms with Crippen molar-refractivity contribution in [1.29, 1.82) is 0 Å². The van der Waals surface area contributed by atoms with Crippen LogP contribution in [0.5, 0.6) is 5.75 Å². The molecule has 0 unspecified atom stereocenters. The van der Waals surface area contributed by atoms with E-state index >= 15 is 0 Å². The highest BCUT2D eigenvalue weighted by molar-refractivity contribution is 6.30. The van der Waals surface area contributed by atoms with Gasteiger partial charge in [0.25, 0.3) is 0 Å². The summed E-state index contributed by atoms with van der Waals surface area (Å²) in [5, 5.41) is 10.7. The highest BCUT2D eigenvalue weighted by Crippen LogP contribution is 2.49. The minimum atomic E-state index is 0.160. The molecule has 2 aromatic carbocycles. The Bertz CT molecular complexity index is 757. The molecule has 3 heteroatoms. The summed E-state index contributed by atoms with van der Waals surface area (Å²) in [6.45, 7) is 6.84. The summed E-state index contributed by atoms with van der Waals surface area (Å²) >= 11 is 6.02. The SMILES string of the molecule is C[C@@H]1[C@@H]2Cc3ccc(O)cc3[C@@]1(C)CCN2Cc1ccc(Cl)cc1. The molecule has 1 fully saturated rings. The number of fused-ring (bicyclic) bond motifs is 4. The van der Waals surface area contributed by atoms with E-state index in [0.29, 0.717) is 17.7 Å². The van der Waals surface area contributed by atoms with Gasteiger partial charge in [-0.25, -0.2) is 0 Å². The average Bonchev–Trinajstić information content (AvgIpc) is 2.56. The second kappa shape index (κ2) is 5.79. The van der Waals surface area contributed by atoms with E-state index in [1.54, 1.807) is 0 Å². The Balaban J connectivity index is 1.65. The highest BCUT2D eigenvalue weighted by atomic mass is 35.5. The summed E-state index contributed by atoms with van der Waals surface area (Å²) in [5.41, 5.74) is 4.25. The van der Waals surface area contributed by atoms with E-state index in [1.807, 2.05) is 24.3 Å². The van der Waals surface area contributed by atoms with Crippen molar-refractivity contribution in [3.05, 3.63) is 64.2 Å². The Morgan fingerprint density at radius 1 is 1.21 bits per heavy atom. The Morgan fingerprint density at radius 3 is 2.71 bits per heavy atom. The molecule has 0 amide bonds. The van der Waals surface area contributed by atoms with Crippen molar-refractivity contribution in [1.82, 2.24) is 4.90 Å². The molecule has 1 heterocycles. The normalized spacial score (nSPS) is 29.3. The molecule has 0 spiro atoms. The fourth-order valence-electron chi connectivity index (χ4n) is 4.72. The molecule has 0 aromatic heterocycles. The third-order valence-electron chi connectivity index (χ3n) is 6.41. The van der Waals surface area contributed by atoms with Gasteiger partial charge in [0, 0.05) is 17.6 Å². The third-order valence-corrected chi connectivity index (χ3v) is 6.66. The van der Waals surface area contributed by atoms with Crippen LogP contribution in [-0.2, 0) is 18.4 Å². The molecule has 126 valence electrons. The fraction of sp³-hybridized carbons (Fsp3) is 0.429. The molecule has 24 heavy (non-hydrogen) atoms. The first-order chi connectivity index (χ1) is 11.5. The first-order valence-corrected chi connectivity index (χ1v) is 9.16. The first-order valence-electron chi connectivity index (χ1n) is 8.78. The maximum Gasteiger partial charge on any atom is 0.115 e. The number of benzene rings is 2. The van der Waals surface area contributed by atoms with Gasteiger partial charge in [0.05, 0.1) is 0 Å². The summed E-state index contributed by atoms with van der Waals surface area (Å²) in [4.78, 5) is 2.63. The molecule has 0 saturated carbocycles. The Kier molecular flexibility index (Phi) is 3.85. The van der Waals surface area contributed by atoms with Crippen LogP contribution in [0.3, 0.4) is 0 Å². The van der Waals surface area contributed by atoms with Gasteiger partial charge in [-0.15, -0.1) is 0 Å². The Hall–Kier alpha value is -1.51. The quantitative estimate of drug-likeness (QED) is 0.850. The number of phenols is 1. The maximum absolute atomic E-state index is 9.93. The number of phenolic OH excluding ortho intramolecular Hbond substituents is 1. The number of nitrogens with zero attached hydrogens (tertiary/aromatic N) is 1. The average molecular weight is 342 g/mol. The molecule has 2 bridgehead atoms. The van der Waals surface area contributed by atoms with Crippen molar-refractivity contribution in [3.8, 4) is 5.75 Å². The van der Waals surface area contributed by atoms with Gasteiger partial charge in [-0.2, -0.15) is 0 Å². The molecular formula is C21H24ClNO. The number of hydrogen-bond acceptors (Lipinski definition) is 2. The number of hydrogen-bond donors (Lipinski definition) is 1. The topological polar surface area (TPSA) is 23.5 Å². The molecule has 1 saturated heterocycles. The summed E-state index contributed by atoms with van der Waals surface area (Å²) in [5.74, 6) is 0.970. The van der Waals surface area contributed by atoms with Gasteiger partial charge in [-0.3, -0.25) is 4.90 Å². The summed E-state index contributed by atoms with van der Waals surface area (Å²) in [6.07, 6.45) is 2.20. The van der Waals surface area contributed by atoms with Crippen LogP contribution in [0.25, 0.3) is 0 Å². The number of aromatic hydroxyl groups is 1. The van der Waals surface area contributed by atoms with Gasteiger partial charge in [0.2, 0.25) is 0 Å². The number of likely N-dealkylation sites (tertiary alicyclic amines) is 1. The maximum atomic E-state index is 9.93. The van der Waals surface area contributed by atoms with Crippen LogP contribution in [0.15, 0.2) is 42.5 Å². The Morgan fingerprint density at radius 2 is 1.96 bits per heavy atom. The van der Waals surface area contributed by atoms with Gasteiger partial charge in [-0.05, 0) is 71.7 Å². The van der Waals surface area contributed by atoms with Crippen LogP contribution in [0, 0.1) is 5.92 Å². The third kappa shape index (κ3) is 2.53. The molecule has 3 atom stereocenters. The van der Waals surface area contributed by atoms with E-state index in [9.17, 15) is 5.11 Å². The van der Waals surface area contributed by atoms with E-state index in [0.717, 1.165) is 31.0 Å². The van der Waals surface area contributed by atoms with Crippen molar-refractivity contribution >= 4 is 11.6 Å². The van der Waals surface area contributed by atoms with E-state index in [4.69, 9.17) is 11.6 Å².